The van der Waals surface area contributed by atoms with Crippen LogP contribution < -0.4 is 20.8 Å². The summed E-state index contributed by atoms with van der Waals surface area (Å²) in [7, 11) is 1.61. The molecule has 1 aromatic carbocycles. The predicted molar refractivity (Wildman–Crippen MR) is 79.7 cm³/mol. The third-order valence-electron chi connectivity index (χ3n) is 2.85. The van der Waals surface area contributed by atoms with E-state index in [4.69, 9.17) is 15.2 Å². The lowest BCUT2D eigenvalue weighted by atomic mass is 10.2. The molecule has 2 N–H and O–H groups in total. The van der Waals surface area contributed by atoms with E-state index >= 15 is 0 Å². The van der Waals surface area contributed by atoms with E-state index in [2.05, 4.69) is 5.10 Å². The molecule has 0 saturated heterocycles. The first-order valence-corrected chi connectivity index (χ1v) is 6.67. The second-order valence-electron chi connectivity index (χ2n) is 4.82. The number of hydrogen-bond donors (Lipinski definition) is 1. The fourth-order valence-electron chi connectivity index (χ4n) is 1.75. The molecular formula is C15H19N3O3. The molecule has 21 heavy (non-hydrogen) atoms. The average Bonchev–Trinajstić information content (AvgIpc) is 2.48. The lowest BCUT2D eigenvalue weighted by molar-refractivity contribution is 0.293. The normalized spacial score (nSPS) is 12.0. The molecular weight excluding hydrogens is 270 g/mol. The van der Waals surface area contributed by atoms with Crippen molar-refractivity contribution >= 4 is 0 Å². The number of benzene rings is 1. The fourth-order valence-corrected chi connectivity index (χ4v) is 1.75. The van der Waals surface area contributed by atoms with Gasteiger partial charge in [0.1, 0.15) is 18.1 Å². The Labute approximate surface area is 123 Å². The Bertz CT molecular complexity index is 635. The van der Waals surface area contributed by atoms with Crippen molar-refractivity contribution in [2.45, 2.75) is 19.5 Å². The van der Waals surface area contributed by atoms with Crippen LogP contribution in [0.5, 0.6) is 11.5 Å². The summed E-state index contributed by atoms with van der Waals surface area (Å²) in [6.45, 7) is 2.58. The van der Waals surface area contributed by atoms with Crippen LogP contribution in [0, 0.1) is 0 Å². The zero-order valence-electron chi connectivity index (χ0n) is 12.2. The summed E-state index contributed by atoms with van der Waals surface area (Å²) in [5.74, 6) is 1.21. The molecule has 1 aromatic heterocycles. The maximum atomic E-state index is 12.0. The molecule has 0 aliphatic heterocycles. The van der Waals surface area contributed by atoms with Crippen molar-refractivity contribution < 1.29 is 9.47 Å². The van der Waals surface area contributed by atoms with Gasteiger partial charge in [0.2, 0.25) is 0 Å². The van der Waals surface area contributed by atoms with Gasteiger partial charge in [-0.25, -0.2) is 4.68 Å². The minimum absolute atomic E-state index is 0.0910. The zero-order chi connectivity index (χ0) is 15.2. The molecule has 0 fully saturated rings. The largest absolute Gasteiger partial charge is 0.497 e. The second-order valence-corrected chi connectivity index (χ2v) is 4.82. The van der Waals surface area contributed by atoms with Gasteiger partial charge < -0.3 is 15.2 Å². The maximum Gasteiger partial charge on any atom is 0.270 e. The van der Waals surface area contributed by atoms with Crippen molar-refractivity contribution in [2.24, 2.45) is 5.73 Å². The van der Waals surface area contributed by atoms with E-state index in [1.165, 1.54) is 16.9 Å². The van der Waals surface area contributed by atoms with Gasteiger partial charge in [-0.2, -0.15) is 5.10 Å². The Balaban J connectivity index is 2.08. The van der Waals surface area contributed by atoms with E-state index in [9.17, 15) is 4.79 Å². The third-order valence-corrected chi connectivity index (χ3v) is 2.85. The number of hydrogen-bond acceptors (Lipinski definition) is 5. The number of nitrogens with two attached hydrogens (primary N) is 1. The number of nitrogens with zero attached hydrogens (tertiary/aromatic N) is 2. The molecule has 0 aliphatic carbocycles. The summed E-state index contributed by atoms with van der Waals surface area (Å²) in [5.41, 5.74) is 6.35. The van der Waals surface area contributed by atoms with E-state index in [1.807, 2.05) is 31.2 Å². The van der Waals surface area contributed by atoms with Crippen LogP contribution in [-0.2, 0) is 6.54 Å². The fraction of sp³-hybridized carbons (Fsp3) is 0.333. The lowest BCUT2D eigenvalue weighted by Crippen LogP contribution is -2.26. The molecule has 6 heteroatoms. The summed E-state index contributed by atoms with van der Waals surface area (Å²) in [6.07, 6.45) is 1.52. The van der Waals surface area contributed by atoms with Crippen molar-refractivity contribution in [3.05, 3.63) is 52.4 Å². The van der Waals surface area contributed by atoms with Gasteiger partial charge in [-0.05, 0) is 24.6 Å². The molecule has 0 amide bonds. The molecule has 2 rings (SSSR count). The van der Waals surface area contributed by atoms with Gasteiger partial charge in [-0.3, -0.25) is 4.79 Å². The summed E-state index contributed by atoms with van der Waals surface area (Å²) >= 11 is 0. The first kappa shape index (κ1) is 15.1. The predicted octanol–water partition coefficient (Wildman–Crippen LogP) is 1.03. The summed E-state index contributed by atoms with van der Waals surface area (Å²) in [6, 6.07) is 8.81. The first-order valence-electron chi connectivity index (χ1n) is 6.67. The van der Waals surface area contributed by atoms with Crippen molar-refractivity contribution in [1.82, 2.24) is 9.78 Å². The average molecular weight is 289 g/mol. The van der Waals surface area contributed by atoms with Crippen LogP contribution in [0.2, 0.25) is 0 Å². The SMILES string of the molecule is COc1ccc(Cn2ncc(OCC(C)N)cc2=O)cc1. The van der Waals surface area contributed by atoms with E-state index in [0.29, 0.717) is 18.9 Å². The minimum Gasteiger partial charge on any atom is -0.497 e. The zero-order valence-corrected chi connectivity index (χ0v) is 12.2. The monoisotopic (exact) mass is 289 g/mol. The first-order chi connectivity index (χ1) is 10.1. The summed E-state index contributed by atoms with van der Waals surface area (Å²) in [5, 5.41) is 4.10. The van der Waals surface area contributed by atoms with E-state index < -0.39 is 0 Å². The number of rotatable bonds is 6. The molecule has 112 valence electrons. The Morgan fingerprint density at radius 3 is 2.57 bits per heavy atom. The van der Waals surface area contributed by atoms with Crippen molar-refractivity contribution in [2.75, 3.05) is 13.7 Å². The molecule has 0 radical (unpaired) electrons. The van der Waals surface area contributed by atoms with Crippen LogP contribution in [0.15, 0.2) is 41.3 Å². The summed E-state index contributed by atoms with van der Waals surface area (Å²) in [4.78, 5) is 12.0. The molecule has 0 aliphatic rings. The molecule has 0 bridgehead atoms. The van der Waals surface area contributed by atoms with Gasteiger partial charge in [0.25, 0.3) is 5.56 Å². The molecule has 2 aromatic rings. The smallest absolute Gasteiger partial charge is 0.270 e. The molecule has 0 saturated carbocycles. The van der Waals surface area contributed by atoms with Crippen LogP contribution >= 0.6 is 0 Å². The molecule has 1 atom stereocenters. The van der Waals surface area contributed by atoms with Crippen LogP contribution in [0.1, 0.15) is 12.5 Å². The van der Waals surface area contributed by atoms with E-state index in [1.54, 1.807) is 7.11 Å². The Kier molecular flexibility index (Phi) is 4.94. The molecule has 6 nitrogen and oxygen atoms in total. The summed E-state index contributed by atoms with van der Waals surface area (Å²) < 4.78 is 11.8. The van der Waals surface area contributed by atoms with Crippen LogP contribution in [0.4, 0.5) is 0 Å². The Hall–Kier alpha value is -2.34. The molecule has 0 spiro atoms. The van der Waals surface area contributed by atoms with Crippen molar-refractivity contribution in [1.29, 1.82) is 0 Å². The Morgan fingerprint density at radius 2 is 2.00 bits per heavy atom. The number of aromatic nitrogens is 2. The van der Waals surface area contributed by atoms with Crippen molar-refractivity contribution in [3.8, 4) is 11.5 Å². The quantitative estimate of drug-likeness (QED) is 0.859. The van der Waals surface area contributed by atoms with Crippen molar-refractivity contribution in [3.63, 3.8) is 0 Å². The number of methoxy groups -OCH3 is 1. The minimum atomic E-state index is -0.215. The number of ether oxygens (including phenoxy) is 2. The third kappa shape index (κ3) is 4.32. The van der Waals surface area contributed by atoms with Gasteiger partial charge in [0.15, 0.2) is 0 Å². The van der Waals surface area contributed by atoms with Gasteiger partial charge in [0.05, 0.1) is 19.9 Å². The van der Waals surface area contributed by atoms with E-state index in [-0.39, 0.29) is 11.6 Å². The molecule has 1 unspecified atom stereocenters. The molecule has 1 heterocycles. The highest BCUT2D eigenvalue weighted by molar-refractivity contribution is 5.27. The van der Waals surface area contributed by atoms with Crippen LogP contribution in [-0.4, -0.2) is 29.5 Å². The highest BCUT2D eigenvalue weighted by atomic mass is 16.5. The van der Waals surface area contributed by atoms with Gasteiger partial charge >= 0.3 is 0 Å². The highest BCUT2D eigenvalue weighted by Crippen LogP contribution is 2.12. The van der Waals surface area contributed by atoms with Gasteiger partial charge in [-0.15, -0.1) is 0 Å². The maximum absolute atomic E-state index is 12.0. The lowest BCUT2D eigenvalue weighted by Gasteiger charge is -2.09. The standard InChI is InChI=1S/C15H19N3O3/c1-11(16)10-21-14-7-15(19)18(17-8-14)9-12-3-5-13(20-2)6-4-12/h3-8,11H,9-10,16H2,1-2H3. The van der Waals surface area contributed by atoms with Gasteiger partial charge in [0, 0.05) is 12.1 Å². The van der Waals surface area contributed by atoms with Crippen LogP contribution in [0.3, 0.4) is 0 Å². The van der Waals surface area contributed by atoms with Crippen LogP contribution in [0.25, 0.3) is 0 Å². The van der Waals surface area contributed by atoms with E-state index in [0.717, 1.165) is 11.3 Å². The second kappa shape index (κ2) is 6.90. The topological polar surface area (TPSA) is 79.4 Å². The van der Waals surface area contributed by atoms with Gasteiger partial charge in [-0.1, -0.05) is 12.1 Å². The highest BCUT2D eigenvalue weighted by Gasteiger charge is 2.04. The Morgan fingerprint density at radius 1 is 1.29 bits per heavy atom.